The molecule has 1 N–H and O–H groups in total. The molecule has 0 heterocycles. The number of carbonyl (C=O) groups is 2. The Morgan fingerprint density at radius 2 is 1.96 bits per heavy atom. The topological polar surface area (TPSA) is 79.2 Å². The van der Waals surface area contributed by atoms with Crippen LogP contribution in [0.5, 0.6) is 0 Å². The summed E-state index contributed by atoms with van der Waals surface area (Å²) in [4.78, 5) is 24.0. The number of nitriles is 1. The third-order valence-corrected chi connectivity index (χ3v) is 3.90. The van der Waals surface area contributed by atoms with Crippen LogP contribution in [-0.2, 0) is 27.3 Å². The van der Waals surface area contributed by atoms with Crippen LogP contribution in [0.4, 0.5) is 0 Å². The first-order chi connectivity index (χ1) is 12.4. The molecule has 0 atom stereocenters. The molecule has 1 amide bonds. The van der Waals surface area contributed by atoms with Gasteiger partial charge in [0, 0.05) is 24.1 Å². The monoisotopic (exact) mass is 352 g/mol. The third kappa shape index (κ3) is 6.06. The summed E-state index contributed by atoms with van der Waals surface area (Å²) in [6.45, 7) is 11.4. The van der Waals surface area contributed by atoms with Gasteiger partial charge >= 0.3 is 5.97 Å². The summed E-state index contributed by atoms with van der Waals surface area (Å²) >= 11 is 0. The number of carbonyl (C=O) groups excluding carboxylic acids is 2. The van der Waals surface area contributed by atoms with Gasteiger partial charge in [0.15, 0.2) is 0 Å². The standard InChI is InChI=1S/C21H24N2O3/c1-5-19(16(4)15(3)13-22)21(25)23-14-18-10-8-7-9-17(18)11-12-20(24)26-6-2/h5,7-10H,1,3,6,11-12,14H2,2,4H3,(H,23,25)/b19-16+. The molecule has 0 aliphatic rings. The van der Waals surface area contributed by atoms with E-state index in [2.05, 4.69) is 18.5 Å². The number of ether oxygens (including phenoxy) is 1. The van der Waals surface area contributed by atoms with Crippen LogP contribution in [0.1, 0.15) is 31.4 Å². The SMILES string of the molecule is C=C/C(C(=O)NCc1ccccc1CCC(=O)OCC)=C(/C)C(=C)C#N. The fourth-order valence-electron chi connectivity index (χ4n) is 2.38. The molecular weight excluding hydrogens is 328 g/mol. The fourth-order valence-corrected chi connectivity index (χ4v) is 2.38. The van der Waals surface area contributed by atoms with Gasteiger partial charge in [0.25, 0.3) is 5.91 Å². The van der Waals surface area contributed by atoms with E-state index in [1.165, 1.54) is 6.08 Å². The highest BCUT2D eigenvalue weighted by molar-refractivity contribution is 5.97. The van der Waals surface area contributed by atoms with Gasteiger partial charge in [-0.25, -0.2) is 0 Å². The first-order valence-electron chi connectivity index (χ1n) is 8.37. The maximum Gasteiger partial charge on any atom is 0.306 e. The summed E-state index contributed by atoms with van der Waals surface area (Å²) in [7, 11) is 0. The summed E-state index contributed by atoms with van der Waals surface area (Å²) < 4.78 is 4.95. The lowest BCUT2D eigenvalue weighted by atomic mass is 10.0. The molecule has 0 aromatic heterocycles. The molecule has 0 fully saturated rings. The minimum Gasteiger partial charge on any atom is -0.466 e. The van der Waals surface area contributed by atoms with Crippen molar-refractivity contribution in [2.24, 2.45) is 0 Å². The Morgan fingerprint density at radius 1 is 1.31 bits per heavy atom. The van der Waals surface area contributed by atoms with Crippen molar-refractivity contribution in [1.82, 2.24) is 5.32 Å². The lowest BCUT2D eigenvalue weighted by Gasteiger charge is -2.12. The second-order valence-corrected chi connectivity index (χ2v) is 5.59. The quantitative estimate of drug-likeness (QED) is 0.320. The minimum atomic E-state index is -0.325. The third-order valence-electron chi connectivity index (χ3n) is 3.90. The van der Waals surface area contributed by atoms with Crippen molar-refractivity contribution in [3.05, 3.63) is 71.3 Å². The molecule has 0 radical (unpaired) electrons. The Kier molecular flexibility index (Phi) is 8.59. The summed E-state index contributed by atoms with van der Waals surface area (Å²) in [5.74, 6) is -0.567. The number of hydrogen-bond donors (Lipinski definition) is 1. The number of nitrogens with zero attached hydrogens (tertiary/aromatic N) is 1. The van der Waals surface area contributed by atoms with Crippen LogP contribution in [0, 0.1) is 11.3 Å². The molecule has 0 unspecified atom stereocenters. The van der Waals surface area contributed by atoms with Crippen molar-refractivity contribution in [2.45, 2.75) is 33.2 Å². The van der Waals surface area contributed by atoms with E-state index in [9.17, 15) is 9.59 Å². The van der Waals surface area contributed by atoms with Crippen LogP contribution < -0.4 is 5.32 Å². The smallest absolute Gasteiger partial charge is 0.306 e. The zero-order valence-electron chi connectivity index (χ0n) is 15.3. The maximum absolute atomic E-state index is 12.4. The van der Waals surface area contributed by atoms with Gasteiger partial charge in [0.1, 0.15) is 0 Å². The van der Waals surface area contributed by atoms with Gasteiger partial charge in [0.2, 0.25) is 0 Å². The first kappa shape index (κ1) is 20.9. The molecule has 0 bridgehead atoms. The number of rotatable bonds is 9. The van der Waals surface area contributed by atoms with Crippen molar-refractivity contribution in [2.75, 3.05) is 6.61 Å². The predicted octanol–water partition coefficient (Wildman–Crippen LogP) is 3.38. The highest BCUT2D eigenvalue weighted by Crippen LogP contribution is 2.15. The Labute approximate surface area is 154 Å². The van der Waals surface area contributed by atoms with E-state index in [0.717, 1.165) is 11.1 Å². The maximum atomic E-state index is 12.4. The normalized spacial score (nSPS) is 11.0. The summed E-state index contributed by atoms with van der Waals surface area (Å²) in [5.41, 5.74) is 2.94. The van der Waals surface area contributed by atoms with E-state index in [4.69, 9.17) is 10.00 Å². The lowest BCUT2D eigenvalue weighted by molar-refractivity contribution is -0.143. The van der Waals surface area contributed by atoms with Gasteiger partial charge in [-0.15, -0.1) is 0 Å². The van der Waals surface area contributed by atoms with E-state index in [1.54, 1.807) is 13.8 Å². The van der Waals surface area contributed by atoms with E-state index < -0.39 is 0 Å². The van der Waals surface area contributed by atoms with Crippen LogP contribution >= 0.6 is 0 Å². The molecule has 5 nitrogen and oxygen atoms in total. The highest BCUT2D eigenvalue weighted by Gasteiger charge is 2.13. The van der Waals surface area contributed by atoms with E-state index in [1.807, 2.05) is 30.3 Å². The number of aryl methyl sites for hydroxylation is 1. The molecule has 0 aliphatic carbocycles. The summed E-state index contributed by atoms with van der Waals surface area (Å²) in [6, 6.07) is 9.53. The van der Waals surface area contributed by atoms with Crippen LogP contribution in [0.25, 0.3) is 0 Å². The molecule has 1 aromatic rings. The van der Waals surface area contributed by atoms with Crippen LogP contribution in [0.2, 0.25) is 0 Å². The van der Waals surface area contributed by atoms with Crippen LogP contribution in [-0.4, -0.2) is 18.5 Å². The summed E-state index contributed by atoms with van der Waals surface area (Å²) in [6.07, 6.45) is 2.25. The second-order valence-electron chi connectivity index (χ2n) is 5.59. The number of benzene rings is 1. The number of nitrogens with one attached hydrogen (secondary N) is 1. The van der Waals surface area contributed by atoms with Crippen molar-refractivity contribution in [3.63, 3.8) is 0 Å². The van der Waals surface area contributed by atoms with E-state index >= 15 is 0 Å². The molecule has 0 aliphatic heterocycles. The molecule has 0 saturated carbocycles. The van der Waals surface area contributed by atoms with Crippen molar-refractivity contribution >= 4 is 11.9 Å². The molecule has 1 rings (SSSR count). The molecule has 5 heteroatoms. The number of allylic oxidation sites excluding steroid dienone is 2. The van der Waals surface area contributed by atoms with Crippen molar-refractivity contribution in [3.8, 4) is 6.07 Å². The Morgan fingerprint density at radius 3 is 2.54 bits per heavy atom. The number of amides is 1. The van der Waals surface area contributed by atoms with Gasteiger partial charge in [-0.1, -0.05) is 43.5 Å². The average Bonchev–Trinajstić information content (AvgIpc) is 2.65. The van der Waals surface area contributed by atoms with Crippen LogP contribution in [0.15, 0.2) is 60.2 Å². The molecule has 0 saturated heterocycles. The summed E-state index contributed by atoms with van der Waals surface area (Å²) in [5, 5.41) is 11.8. The lowest BCUT2D eigenvalue weighted by Crippen LogP contribution is -2.25. The fraction of sp³-hybridized carbons (Fsp3) is 0.286. The zero-order valence-corrected chi connectivity index (χ0v) is 15.3. The van der Waals surface area contributed by atoms with Gasteiger partial charge < -0.3 is 10.1 Å². The van der Waals surface area contributed by atoms with Gasteiger partial charge in [-0.3, -0.25) is 9.59 Å². The molecule has 0 spiro atoms. The highest BCUT2D eigenvalue weighted by atomic mass is 16.5. The van der Waals surface area contributed by atoms with Crippen molar-refractivity contribution < 1.29 is 14.3 Å². The zero-order chi connectivity index (χ0) is 19.5. The Hall–Kier alpha value is -3.13. The largest absolute Gasteiger partial charge is 0.466 e. The average molecular weight is 352 g/mol. The minimum absolute atomic E-state index is 0.227. The van der Waals surface area contributed by atoms with Gasteiger partial charge in [-0.05, 0) is 37.0 Å². The first-order valence-corrected chi connectivity index (χ1v) is 8.37. The predicted molar refractivity (Wildman–Crippen MR) is 101 cm³/mol. The number of hydrogen-bond acceptors (Lipinski definition) is 4. The van der Waals surface area contributed by atoms with Crippen LogP contribution in [0.3, 0.4) is 0 Å². The second kappa shape index (κ2) is 10.7. The Bertz CT molecular complexity index is 770. The van der Waals surface area contributed by atoms with Gasteiger partial charge in [-0.2, -0.15) is 5.26 Å². The molecule has 26 heavy (non-hydrogen) atoms. The Balaban J connectivity index is 2.83. The number of esters is 1. The van der Waals surface area contributed by atoms with E-state index in [-0.39, 0.29) is 23.9 Å². The van der Waals surface area contributed by atoms with Gasteiger partial charge in [0.05, 0.1) is 12.7 Å². The molecule has 1 aromatic carbocycles. The molecular formula is C21H24N2O3. The van der Waals surface area contributed by atoms with E-state index in [0.29, 0.717) is 30.7 Å². The van der Waals surface area contributed by atoms with Crippen molar-refractivity contribution in [1.29, 1.82) is 5.26 Å². The molecule has 136 valence electrons.